The normalized spacial score (nSPS) is 22.7. The summed E-state index contributed by atoms with van der Waals surface area (Å²) in [6.45, 7) is 3.78. The van der Waals surface area contributed by atoms with Gasteiger partial charge in [-0.3, -0.25) is 14.6 Å². The molecule has 2 aliphatic rings. The first-order valence-electron chi connectivity index (χ1n) is 11.8. The van der Waals surface area contributed by atoms with Gasteiger partial charge in [-0.1, -0.05) is 42.5 Å². The zero-order chi connectivity index (χ0) is 22.4. The fraction of sp³-hybridized carbons (Fsp3) is 0.444. The molecule has 1 fully saturated rings. The van der Waals surface area contributed by atoms with E-state index in [2.05, 4.69) is 40.7 Å². The summed E-state index contributed by atoms with van der Waals surface area (Å²) in [6, 6.07) is 12.3. The van der Waals surface area contributed by atoms with Gasteiger partial charge in [0.1, 0.15) is 0 Å². The number of hydrogen-bond acceptors (Lipinski definition) is 3. The van der Waals surface area contributed by atoms with Crippen molar-refractivity contribution in [1.82, 2.24) is 15.2 Å². The van der Waals surface area contributed by atoms with Crippen molar-refractivity contribution in [2.75, 3.05) is 19.6 Å². The number of amides is 2. The van der Waals surface area contributed by atoms with E-state index in [4.69, 9.17) is 0 Å². The van der Waals surface area contributed by atoms with E-state index >= 15 is 0 Å². The fourth-order valence-electron chi connectivity index (χ4n) is 5.11. The molecule has 1 aromatic heterocycles. The number of allylic oxidation sites excluding steroid dienone is 2. The molecular formula is C27H33N3O2. The van der Waals surface area contributed by atoms with Crippen LogP contribution in [0.5, 0.6) is 0 Å². The first-order chi connectivity index (χ1) is 15.6. The van der Waals surface area contributed by atoms with Crippen LogP contribution in [0.25, 0.3) is 11.1 Å². The first kappa shape index (κ1) is 22.3. The van der Waals surface area contributed by atoms with E-state index in [0.717, 1.165) is 48.9 Å². The molecule has 5 heteroatoms. The Balaban J connectivity index is 1.56. The lowest BCUT2D eigenvalue weighted by Gasteiger charge is -2.42. The van der Waals surface area contributed by atoms with Crippen molar-refractivity contribution in [2.24, 2.45) is 11.3 Å². The Morgan fingerprint density at radius 1 is 1.22 bits per heavy atom. The maximum atomic E-state index is 13.3. The van der Waals surface area contributed by atoms with Crippen molar-refractivity contribution >= 4 is 11.8 Å². The fourth-order valence-corrected chi connectivity index (χ4v) is 5.11. The largest absolute Gasteiger partial charge is 0.356 e. The molecule has 1 saturated heterocycles. The molecule has 168 valence electrons. The van der Waals surface area contributed by atoms with E-state index in [9.17, 15) is 9.59 Å². The van der Waals surface area contributed by atoms with Crippen LogP contribution in [0, 0.1) is 11.3 Å². The van der Waals surface area contributed by atoms with Crippen LogP contribution in [-0.2, 0) is 16.0 Å². The summed E-state index contributed by atoms with van der Waals surface area (Å²) >= 11 is 0. The highest BCUT2D eigenvalue weighted by atomic mass is 16.2. The highest BCUT2D eigenvalue weighted by Crippen LogP contribution is 2.36. The summed E-state index contributed by atoms with van der Waals surface area (Å²) in [5.41, 5.74) is 2.68. The molecule has 1 N–H and O–H groups in total. The number of nitrogens with one attached hydrogen (secondary N) is 1. The van der Waals surface area contributed by atoms with Crippen molar-refractivity contribution in [1.29, 1.82) is 0 Å². The number of nitrogens with zero attached hydrogens (tertiary/aromatic N) is 2. The van der Waals surface area contributed by atoms with Crippen LogP contribution in [0.1, 0.15) is 44.6 Å². The molecule has 0 spiro atoms. The van der Waals surface area contributed by atoms with Gasteiger partial charge in [-0.05, 0) is 67.7 Å². The Kier molecular flexibility index (Phi) is 7.03. The van der Waals surface area contributed by atoms with Gasteiger partial charge in [0.2, 0.25) is 11.8 Å². The lowest BCUT2D eigenvalue weighted by molar-refractivity contribution is -0.142. The molecule has 2 aromatic rings. The summed E-state index contributed by atoms with van der Waals surface area (Å²) < 4.78 is 0. The van der Waals surface area contributed by atoms with Gasteiger partial charge in [-0.25, -0.2) is 0 Å². The zero-order valence-electron chi connectivity index (χ0n) is 18.9. The summed E-state index contributed by atoms with van der Waals surface area (Å²) in [6.07, 6.45) is 12.9. The predicted octanol–water partition coefficient (Wildman–Crippen LogP) is 4.39. The molecule has 5 nitrogen and oxygen atoms in total. The Morgan fingerprint density at radius 2 is 2.09 bits per heavy atom. The molecule has 0 unspecified atom stereocenters. The second-order valence-corrected chi connectivity index (χ2v) is 9.15. The molecule has 1 aromatic carbocycles. The molecule has 1 aliphatic heterocycles. The van der Waals surface area contributed by atoms with Gasteiger partial charge in [-0.2, -0.15) is 0 Å². The zero-order valence-corrected chi connectivity index (χ0v) is 18.9. The minimum atomic E-state index is -0.594. The Morgan fingerprint density at radius 3 is 2.84 bits per heavy atom. The topological polar surface area (TPSA) is 62.3 Å². The van der Waals surface area contributed by atoms with Crippen LogP contribution < -0.4 is 5.32 Å². The van der Waals surface area contributed by atoms with Gasteiger partial charge in [-0.15, -0.1) is 0 Å². The smallest absolute Gasteiger partial charge is 0.228 e. The highest BCUT2D eigenvalue weighted by Gasteiger charge is 2.43. The van der Waals surface area contributed by atoms with E-state index in [1.54, 1.807) is 6.20 Å². The van der Waals surface area contributed by atoms with Gasteiger partial charge in [0.25, 0.3) is 0 Å². The summed E-state index contributed by atoms with van der Waals surface area (Å²) in [5, 5.41) is 3.06. The van der Waals surface area contributed by atoms with Gasteiger partial charge in [0, 0.05) is 38.4 Å². The number of rotatable bonds is 7. The highest BCUT2D eigenvalue weighted by molar-refractivity contribution is 5.85. The Bertz CT molecular complexity index is 972. The van der Waals surface area contributed by atoms with Crippen molar-refractivity contribution in [2.45, 2.75) is 45.4 Å². The minimum absolute atomic E-state index is 0.0602. The number of carbonyl (C=O) groups excluding carboxylic acids is 2. The van der Waals surface area contributed by atoms with E-state index in [-0.39, 0.29) is 11.8 Å². The number of hydrogen-bond donors (Lipinski definition) is 1. The average molecular weight is 432 g/mol. The van der Waals surface area contributed by atoms with E-state index < -0.39 is 5.41 Å². The number of aromatic nitrogens is 1. The van der Waals surface area contributed by atoms with Crippen LogP contribution in [0.4, 0.5) is 0 Å². The number of benzene rings is 1. The van der Waals surface area contributed by atoms with Crippen molar-refractivity contribution in [3.63, 3.8) is 0 Å². The molecular weight excluding hydrogens is 398 g/mol. The lowest BCUT2D eigenvalue weighted by atomic mass is 9.73. The summed E-state index contributed by atoms with van der Waals surface area (Å²) in [7, 11) is 0. The SMILES string of the molecule is CCNC(=O)[C@]1(Cc2cccc(-c3cccnc3)c2)CCCN(C(=O)C[C@H]2C=CCC2)C1. The molecule has 2 heterocycles. The van der Waals surface area contributed by atoms with Crippen molar-refractivity contribution < 1.29 is 9.59 Å². The van der Waals surface area contributed by atoms with Crippen LogP contribution in [0.3, 0.4) is 0 Å². The third-order valence-corrected chi connectivity index (χ3v) is 6.76. The number of carbonyl (C=O) groups is 2. The van der Waals surface area contributed by atoms with Crippen LogP contribution >= 0.6 is 0 Å². The Labute approximate surface area is 190 Å². The maximum absolute atomic E-state index is 13.3. The van der Waals surface area contributed by atoms with Crippen LogP contribution in [-0.4, -0.2) is 41.3 Å². The van der Waals surface area contributed by atoms with E-state index in [1.807, 2.05) is 36.2 Å². The maximum Gasteiger partial charge on any atom is 0.228 e. The monoisotopic (exact) mass is 431 g/mol. The average Bonchev–Trinajstić information content (AvgIpc) is 3.33. The molecule has 2 atom stereocenters. The quantitative estimate of drug-likeness (QED) is 0.661. The molecule has 2 amide bonds. The number of pyridine rings is 1. The van der Waals surface area contributed by atoms with Gasteiger partial charge in [0.15, 0.2) is 0 Å². The second kappa shape index (κ2) is 10.1. The van der Waals surface area contributed by atoms with Gasteiger partial charge < -0.3 is 10.2 Å². The number of piperidine rings is 1. The third-order valence-electron chi connectivity index (χ3n) is 6.76. The molecule has 0 saturated carbocycles. The molecule has 0 bridgehead atoms. The van der Waals surface area contributed by atoms with E-state index in [1.165, 1.54) is 0 Å². The molecule has 0 radical (unpaired) electrons. The molecule has 32 heavy (non-hydrogen) atoms. The van der Waals surface area contributed by atoms with Gasteiger partial charge >= 0.3 is 0 Å². The third kappa shape index (κ3) is 5.09. The second-order valence-electron chi connectivity index (χ2n) is 9.15. The van der Waals surface area contributed by atoms with Crippen molar-refractivity contribution in [3.8, 4) is 11.1 Å². The predicted molar refractivity (Wildman–Crippen MR) is 127 cm³/mol. The van der Waals surface area contributed by atoms with Crippen LogP contribution in [0.2, 0.25) is 0 Å². The summed E-state index contributed by atoms with van der Waals surface area (Å²) in [5.74, 6) is 0.587. The summed E-state index contributed by atoms with van der Waals surface area (Å²) in [4.78, 5) is 32.6. The van der Waals surface area contributed by atoms with Crippen molar-refractivity contribution in [3.05, 3.63) is 66.5 Å². The van der Waals surface area contributed by atoms with Crippen LogP contribution in [0.15, 0.2) is 60.9 Å². The molecule has 4 rings (SSSR count). The lowest BCUT2D eigenvalue weighted by Crippen LogP contribution is -2.54. The standard InChI is InChI=1S/C27H33N3O2/c1-2-29-26(32)27(13-7-15-30(20-27)25(31)17-21-8-3-4-9-21)18-22-10-5-11-23(16-22)24-12-6-14-28-19-24/h3,5-6,8,10-12,14,16,19,21H,2,4,7,9,13,15,17-18,20H2,1H3,(H,29,32)/t21-,27-/m0/s1. The van der Waals surface area contributed by atoms with Gasteiger partial charge in [0.05, 0.1) is 5.41 Å². The van der Waals surface area contributed by atoms with E-state index in [0.29, 0.717) is 31.8 Å². The minimum Gasteiger partial charge on any atom is -0.356 e. The number of likely N-dealkylation sites (tertiary alicyclic amines) is 1. The Hall–Kier alpha value is -2.95. The first-order valence-corrected chi connectivity index (χ1v) is 11.8. The molecule has 1 aliphatic carbocycles.